The van der Waals surface area contributed by atoms with Crippen LogP contribution in [0.5, 0.6) is 11.5 Å². The number of amides is 1. The van der Waals surface area contributed by atoms with E-state index in [1.54, 1.807) is 32.4 Å². The van der Waals surface area contributed by atoms with Crippen molar-refractivity contribution in [1.82, 2.24) is 5.32 Å². The third kappa shape index (κ3) is 3.65. The predicted octanol–water partition coefficient (Wildman–Crippen LogP) is 0.999. The van der Waals surface area contributed by atoms with E-state index >= 15 is 0 Å². The molecule has 1 aliphatic heterocycles. The highest BCUT2D eigenvalue weighted by molar-refractivity contribution is 5.82. The molecule has 6 nitrogen and oxygen atoms in total. The van der Waals surface area contributed by atoms with Crippen molar-refractivity contribution in [3.05, 3.63) is 23.8 Å². The van der Waals surface area contributed by atoms with Gasteiger partial charge >= 0.3 is 0 Å². The zero-order valence-corrected chi connectivity index (χ0v) is 12.4. The second-order valence-corrected chi connectivity index (χ2v) is 4.96. The molecule has 0 aromatic heterocycles. The molecule has 0 bridgehead atoms. The highest BCUT2D eigenvalue weighted by Gasteiger charge is 2.25. The Bertz CT molecular complexity index is 487. The first-order valence-corrected chi connectivity index (χ1v) is 7.02. The van der Waals surface area contributed by atoms with Gasteiger partial charge in [-0.25, -0.2) is 0 Å². The van der Waals surface area contributed by atoms with Gasteiger partial charge in [0.05, 0.1) is 20.3 Å². The predicted molar refractivity (Wildman–Crippen MR) is 78.5 cm³/mol. The fourth-order valence-corrected chi connectivity index (χ4v) is 2.56. The molecule has 21 heavy (non-hydrogen) atoms. The number of rotatable bonds is 7. The molecule has 1 aromatic carbocycles. The molecule has 0 spiro atoms. The monoisotopic (exact) mass is 294 g/mol. The van der Waals surface area contributed by atoms with Gasteiger partial charge in [0.1, 0.15) is 6.04 Å². The molecular formula is C15H22N2O4. The van der Waals surface area contributed by atoms with Gasteiger partial charge in [0, 0.05) is 18.7 Å². The second-order valence-electron chi connectivity index (χ2n) is 4.96. The number of benzene rings is 1. The van der Waals surface area contributed by atoms with Crippen molar-refractivity contribution < 1.29 is 19.0 Å². The van der Waals surface area contributed by atoms with Gasteiger partial charge in [-0.15, -0.1) is 0 Å². The summed E-state index contributed by atoms with van der Waals surface area (Å²) in [6.45, 7) is 1.35. The summed E-state index contributed by atoms with van der Waals surface area (Å²) in [6.07, 6.45) is 2.17. The lowest BCUT2D eigenvalue weighted by Crippen LogP contribution is -2.38. The molecule has 6 heteroatoms. The van der Waals surface area contributed by atoms with Crippen LogP contribution in [0, 0.1) is 0 Å². The number of primary amides is 1. The molecule has 2 atom stereocenters. The summed E-state index contributed by atoms with van der Waals surface area (Å²) in [5.74, 6) is 0.628. The van der Waals surface area contributed by atoms with Gasteiger partial charge in [-0.05, 0) is 18.9 Å². The van der Waals surface area contributed by atoms with E-state index in [1.165, 1.54) is 0 Å². The summed E-state index contributed by atoms with van der Waals surface area (Å²) < 4.78 is 16.2. The molecule has 1 heterocycles. The van der Waals surface area contributed by atoms with Crippen molar-refractivity contribution in [2.75, 3.05) is 27.4 Å². The Morgan fingerprint density at radius 3 is 2.86 bits per heavy atom. The highest BCUT2D eigenvalue weighted by Crippen LogP contribution is 2.34. The molecule has 0 saturated carbocycles. The standard InChI is InChI=1S/C15H22N2O4/c1-19-12-7-3-6-11(14(12)20-2)13(15(16)18)17-9-10-5-4-8-21-10/h3,6-7,10,13,17H,4-5,8-9H2,1-2H3,(H2,16,18). The fourth-order valence-electron chi connectivity index (χ4n) is 2.56. The maximum atomic E-state index is 11.8. The minimum absolute atomic E-state index is 0.128. The van der Waals surface area contributed by atoms with Crippen molar-refractivity contribution in [2.45, 2.75) is 25.0 Å². The van der Waals surface area contributed by atoms with Gasteiger partial charge in [-0.1, -0.05) is 12.1 Å². The average Bonchev–Trinajstić information content (AvgIpc) is 3.00. The van der Waals surface area contributed by atoms with Crippen LogP contribution < -0.4 is 20.5 Å². The van der Waals surface area contributed by atoms with E-state index in [4.69, 9.17) is 19.9 Å². The third-order valence-corrected chi connectivity index (χ3v) is 3.60. The van der Waals surface area contributed by atoms with Crippen molar-refractivity contribution in [3.8, 4) is 11.5 Å². The van der Waals surface area contributed by atoms with E-state index in [0.717, 1.165) is 19.4 Å². The SMILES string of the molecule is COc1cccc(C(NCC2CCCO2)C(N)=O)c1OC. The van der Waals surface area contributed by atoms with Crippen LogP contribution in [0.15, 0.2) is 18.2 Å². The lowest BCUT2D eigenvalue weighted by Gasteiger charge is -2.21. The molecule has 1 amide bonds. The van der Waals surface area contributed by atoms with E-state index in [-0.39, 0.29) is 6.10 Å². The smallest absolute Gasteiger partial charge is 0.239 e. The van der Waals surface area contributed by atoms with Gasteiger partial charge < -0.3 is 19.9 Å². The first-order valence-electron chi connectivity index (χ1n) is 7.02. The summed E-state index contributed by atoms with van der Waals surface area (Å²) in [5, 5.41) is 3.17. The summed E-state index contributed by atoms with van der Waals surface area (Å²) in [4.78, 5) is 11.8. The van der Waals surface area contributed by atoms with Crippen LogP contribution in [0.4, 0.5) is 0 Å². The number of carbonyl (C=O) groups excluding carboxylic acids is 1. The summed E-state index contributed by atoms with van der Waals surface area (Å²) in [5.41, 5.74) is 6.20. The molecule has 1 aromatic rings. The number of para-hydroxylation sites is 1. The van der Waals surface area contributed by atoms with Crippen LogP contribution in [0.25, 0.3) is 0 Å². The van der Waals surface area contributed by atoms with Crippen molar-refractivity contribution >= 4 is 5.91 Å². The van der Waals surface area contributed by atoms with E-state index < -0.39 is 11.9 Å². The minimum Gasteiger partial charge on any atom is -0.493 e. The largest absolute Gasteiger partial charge is 0.493 e. The summed E-state index contributed by atoms with van der Waals surface area (Å²) >= 11 is 0. The van der Waals surface area contributed by atoms with Gasteiger partial charge in [0.15, 0.2) is 11.5 Å². The van der Waals surface area contributed by atoms with E-state index in [9.17, 15) is 4.79 Å². The summed E-state index contributed by atoms with van der Waals surface area (Å²) in [6, 6.07) is 4.75. The van der Waals surface area contributed by atoms with Crippen molar-refractivity contribution in [1.29, 1.82) is 0 Å². The van der Waals surface area contributed by atoms with E-state index in [2.05, 4.69) is 5.32 Å². The Labute approximate surface area is 124 Å². The molecule has 0 radical (unpaired) electrons. The molecule has 2 rings (SSSR count). The Morgan fingerprint density at radius 1 is 1.48 bits per heavy atom. The van der Waals surface area contributed by atoms with Crippen molar-refractivity contribution in [2.24, 2.45) is 5.73 Å². The van der Waals surface area contributed by atoms with Gasteiger partial charge in [-0.2, -0.15) is 0 Å². The topological polar surface area (TPSA) is 82.8 Å². The number of hydrogen-bond acceptors (Lipinski definition) is 5. The normalized spacial score (nSPS) is 19.2. The van der Waals surface area contributed by atoms with Gasteiger partial charge in [0.2, 0.25) is 5.91 Å². The maximum Gasteiger partial charge on any atom is 0.239 e. The van der Waals surface area contributed by atoms with E-state index in [0.29, 0.717) is 23.6 Å². The number of nitrogens with two attached hydrogens (primary N) is 1. The van der Waals surface area contributed by atoms with Gasteiger partial charge in [0.25, 0.3) is 0 Å². The third-order valence-electron chi connectivity index (χ3n) is 3.60. The number of hydrogen-bond donors (Lipinski definition) is 2. The Hall–Kier alpha value is -1.79. The second kappa shape index (κ2) is 7.28. The lowest BCUT2D eigenvalue weighted by molar-refractivity contribution is -0.120. The Balaban J connectivity index is 2.19. The molecule has 3 N–H and O–H groups in total. The van der Waals surface area contributed by atoms with Gasteiger partial charge in [-0.3, -0.25) is 10.1 Å². The molecule has 1 fully saturated rings. The van der Waals surface area contributed by atoms with Crippen LogP contribution in [-0.4, -0.2) is 39.4 Å². The van der Waals surface area contributed by atoms with Crippen LogP contribution >= 0.6 is 0 Å². The molecule has 1 aliphatic rings. The highest BCUT2D eigenvalue weighted by atomic mass is 16.5. The number of methoxy groups -OCH3 is 2. The Kier molecular flexibility index (Phi) is 5.41. The molecule has 2 unspecified atom stereocenters. The molecular weight excluding hydrogens is 272 g/mol. The minimum atomic E-state index is -0.640. The van der Waals surface area contributed by atoms with Crippen molar-refractivity contribution in [3.63, 3.8) is 0 Å². The molecule has 0 aliphatic carbocycles. The quantitative estimate of drug-likeness (QED) is 0.784. The van der Waals surface area contributed by atoms with Crippen LogP contribution in [0.2, 0.25) is 0 Å². The van der Waals surface area contributed by atoms with Crippen LogP contribution in [-0.2, 0) is 9.53 Å². The summed E-state index contributed by atoms with van der Waals surface area (Å²) in [7, 11) is 3.10. The van der Waals surface area contributed by atoms with E-state index in [1.807, 2.05) is 0 Å². The number of ether oxygens (including phenoxy) is 3. The van der Waals surface area contributed by atoms with Crippen LogP contribution in [0.1, 0.15) is 24.4 Å². The zero-order chi connectivity index (χ0) is 15.2. The zero-order valence-electron chi connectivity index (χ0n) is 12.4. The average molecular weight is 294 g/mol. The Morgan fingerprint density at radius 2 is 2.29 bits per heavy atom. The molecule has 116 valence electrons. The lowest BCUT2D eigenvalue weighted by atomic mass is 10.0. The first-order chi connectivity index (χ1) is 10.2. The van der Waals surface area contributed by atoms with Crippen LogP contribution in [0.3, 0.4) is 0 Å². The number of carbonyl (C=O) groups is 1. The molecule has 1 saturated heterocycles. The fraction of sp³-hybridized carbons (Fsp3) is 0.533. The first kappa shape index (κ1) is 15.6. The maximum absolute atomic E-state index is 11.8. The number of nitrogens with one attached hydrogen (secondary N) is 1.